The smallest absolute Gasteiger partial charge is 0.305 e. The fourth-order valence-electron chi connectivity index (χ4n) is 1.54. The third-order valence-corrected chi connectivity index (χ3v) is 2.30. The molecule has 0 aromatic heterocycles. The minimum atomic E-state index is -0.945. The van der Waals surface area contributed by atoms with Gasteiger partial charge in [0.1, 0.15) is 6.29 Å². The number of carboxylic acid groups (broad SMARTS) is 1. The van der Waals surface area contributed by atoms with Crippen molar-refractivity contribution in [1.82, 2.24) is 5.06 Å². The minimum Gasteiger partial charge on any atom is -0.481 e. The molecular formula is C9H16N2O4. The van der Waals surface area contributed by atoms with E-state index in [1.54, 1.807) is 5.06 Å². The Hall–Kier alpha value is -0.980. The summed E-state index contributed by atoms with van der Waals surface area (Å²) in [6.07, 6.45) is 2.42. The molecule has 0 radical (unpaired) electrons. The number of rotatable bonds is 6. The van der Waals surface area contributed by atoms with Gasteiger partial charge in [0.15, 0.2) is 0 Å². The first-order valence-corrected chi connectivity index (χ1v) is 4.95. The first-order chi connectivity index (χ1) is 7.13. The zero-order chi connectivity index (χ0) is 11.3. The molecule has 6 heteroatoms. The van der Waals surface area contributed by atoms with Gasteiger partial charge in [0.25, 0.3) is 0 Å². The third-order valence-electron chi connectivity index (χ3n) is 2.30. The summed E-state index contributed by atoms with van der Waals surface area (Å²) in [7, 11) is 0. The Morgan fingerprint density at radius 3 is 3.07 bits per heavy atom. The van der Waals surface area contributed by atoms with Gasteiger partial charge in [0, 0.05) is 12.6 Å². The molecule has 0 aliphatic carbocycles. The molecule has 1 aliphatic heterocycles. The molecule has 2 atom stereocenters. The number of nitrogens with zero attached hydrogens (tertiary/aromatic N) is 1. The number of aldehydes is 1. The number of hydroxylamine groups is 2. The van der Waals surface area contributed by atoms with E-state index in [-0.39, 0.29) is 19.1 Å². The molecular weight excluding hydrogens is 200 g/mol. The van der Waals surface area contributed by atoms with E-state index < -0.39 is 12.0 Å². The molecule has 0 aromatic carbocycles. The molecule has 0 aromatic rings. The lowest BCUT2D eigenvalue weighted by Gasteiger charge is -2.21. The van der Waals surface area contributed by atoms with Gasteiger partial charge in [-0.1, -0.05) is 0 Å². The number of hydrogen-bond acceptors (Lipinski definition) is 5. The quantitative estimate of drug-likeness (QED) is 0.575. The van der Waals surface area contributed by atoms with Crippen molar-refractivity contribution in [2.45, 2.75) is 31.3 Å². The number of carbonyl (C=O) groups excluding carboxylic acids is 1. The van der Waals surface area contributed by atoms with Gasteiger partial charge < -0.3 is 15.6 Å². The zero-order valence-electron chi connectivity index (χ0n) is 8.46. The highest BCUT2D eigenvalue weighted by Gasteiger charge is 2.25. The number of aliphatic carboxylic acids is 1. The van der Waals surface area contributed by atoms with E-state index >= 15 is 0 Å². The van der Waals surface area contributed by atoms with Gasteiger partial charge in [-0.15, -0.1) is 0 Å². The van der Waals surface area contributed by atoms with E-state index in [0.717, 1.165) is 19.1 Å². The molecule has 0 bridgehead atoms. The number of nitrogens with two attached hydrogens (primary N) is 1. The predicted molar refractivity (Wildman–Crippen MR) is 52.0 cm³/mol. The van der Waals surface area contributed by atoms with E-state index in [2.05, 4.69) is 0 Å². The van der Waals surface area contributed by atoms with E-state index in [4.69, 9.17) is 15.7 Å². The summed E-state index contributed by atoms with van der Waals surface area (Å²) >= 11 is 0. The lowest BCUT2D eigenvalue weighted by atomic mass is 10.2. The van der Waals surface area contributed by atoms with Crippen LogP contribution in [0.15, 0.2) is 0 Å². The van der Waals surface area contributed by atoms with Crippen LogP contribution in [0.4, 0.5) is 0 Å². The molecule has 1 saturated heterocycles. The lowest BCUT2D eigenvalue weighted by Crippen LogP contribution is -2.37. The van der Waals surface area contributed by atoms with Crippen LogP contribution in [0.5, 0.6) is 0 Å². The Balaban J connectivity index is 2.23. The largest absolute Gasteiger partial charge is 0.481 e. The Labute approximate surface area is 87.9 Å². The molecule has 1 heterocycles. The van der Waals surface area contributed by atoms with Crippen molar-refractivity contribution in [2.24, 2.45) is 5.73 Å². The topological polar surface area (TPSA) is 92.9 Å². The Kier molecular flexibility index (Phi) is 4.67. The molecule has 6 nitrogen and oxygen atoms in total. The van der Waals surface area contributed by atoms with Crippen LogP contribution < -0.4 is 5.73 Å². The van der Waals surface area contributed by atoms with Crippen molar-refractivity contribution in [3.8, 4) is 0 Å². The maximum atomic E-state index is 10.6. The molecule has 1 fully saturated rings. The van der Waals surface area contributed by atoms with Crippen LogP contribution >= 0.6 is 0 Å². The number of carboxylic acids is 1. The molecule has 2 unspecified atom stereocenters. The average Bonchev–Trinajstić information content (AvgIpc) is 2.60. The maximum absolute atomic E-state index is 10.6. The van der Waals surface area contributed by atoms with Crippen LogP contribution in [-0.2, 0) is 14.4 Å². The van der Waals surface area contributed by atoms with Crippen LogP contribution in [0, 0.1) is 0 Å². The van der Waals surface area contributed by atoms with Gasteiger partial charge >= 0.3 is 5.97 Å². The molecule has 0 saturated carbocycles. The highest BCUT2D eigenvalue weighted by atomic mass is 16.7. The molecule has 15 heavy (non-hydrogen) atoms. The van der Waals surface area contributed by atoms with Crippen molar-refractivity contribution in [2.75, 3.05) is 13.2 Å². The summed E-state index contributed by atoms with van der Waals surface area (Å²) in [5.74, 6) is -0.945. The van der Waals surface area contributed by atoms with E-state index in [9.17, 15) is 9.59 Å². The number of carbonyl (C=O) groups is 2. The van der Waals surface area contributed by atoms with Crippen molar-refractivity contribution in [1.29, 1.82) is 0 Å². The predicted octanol–water partition coefficient (Wildman–Crippen LogP) is -0.617. The summed E-state index contributed by atoms with van der Waals surface area (Å²) in [6.45, 7) is 0.833. The standard InChI is InChI=1S/C9H16N2O4/c10-7(4-9(13)14)6-15-11-3-1-2-8(11)5-12/h5,7-8H,1-4,6,10H2,(H,13,14). The first-order valence-electron chi connectivity index (χ1n) is 4.95. The third kappa shape index (κ3) is 3.94. The lowest BCUT2D eigenvalue weighted by molar-refractivity contribution is -0.174. The Morgan fingerprint density at radius 2 is 2.47 bits per heavy atom. The van der Waals surface area contributed by atoms with Crippen LogP contribution in [0.3, 0.4) is 0 Å². The van der Waals surface area contributed by atoms with Gasteiger partial charge in [0.05, 0.1) is 19.1 Å². The minimum absolute atomic E-state index is 0.125. The first kappa shape index (κ1) is 12.1. The summed E-state index contributed by atoms with van der Waals surface area (Å²) in [6, 6.07) is -0.738. The molecule has 0 spiro atoms. The molecule has 3 N–H and O–H groups in total. The fraction of sp³-hybridized carbons (Fsp3) is 0.778. The van der Waals surface area contributed by atoms with Gasteiger partial charge in [-0.05, 0) is 12.8 Å². The maximum Gasteiger partial charge on any atom is 0.305 e. The zero-order valence-corrected chi connectivity index (χ0v) is 8.46. The highest BCUT2D eigenvalue weighted by Crippen LogP contribution is 2.15. The molecule has 0 amide bonds. The molecule has 1 rings (SSSR count). The van der Waals surface area contributed by atoms with Crippen molar-refractivity contribution >= 4 is 12.3 Å². The van der Waals surface area contributed by atoms with Crippen molar-refractivity contribution in [3.05, 3.63) is 0 Å². The van der Waals surface area contributed by atoms with Crippen LogP contribution in [0.25, 0.3) is 0 Å². The fourth-order valence-corrected chi connectivity index (χ4v) is 1.54. The normalized spacial score (nSPS) is 23.9. The second kappa shape index (κ2) is 5.79. The Morgan fingerprint density at radius 1 is 1.73 bits per heavy atom. The monoisotopic (exact) mass is 216 g/mol. The van der Waals surface area contributed by atoms with Gasteiger partial charge in [-0.2, -0.15) is 5.06 Å². The van der Waals surface area contributed by atoms with Crippen LogP contribution in [0.1, 0.15) is 19.3 Å². The number of hydrogen-bond donors (Lipinski definition) is 2. The summed E-state index contributed by atoms with van der Waals surface area (Å²) in [5.41, 5.74) is 5.52. The van der Waals surface area contributed by atoms with E-state index in [1.807, 2.05) is 0 Å². The summed E-state index contributed by atoms with van der Waals surface area (Å²) < 4.78 is 0. The summed E-state index contributed by atoms with van der Waals surface area (Å²) in [4.78, 5) is 26.2. The van der Waals surface area contributed by atoms with Crippen LogP contribution in [-0.4, -0.2) is 47.7 Å². The summed E-state index contributed by atoms with van der Waals surface area (Å²) in [5, 5.41) is 10.0. The van der Waals surface area contributed by atoms with E-state index in [0.29, 0.717) is 6.54 Å². The Bertz CT molecular complexity index is 234. The molecule has 1 aliphatic rings. The van der Waals surface area contributed by atoms with Gasteiger partial charge in [0.2, 0.25) is 0 Å². The average molecular weight is 216 g/mol. The second-order valence-electron chi connectivity index (χ2n) is 3.64. The van der Waals surface area contributed by atoms with Crippen LogP contribution in [0.2, 0.25) is 0 Å². The second-order valence-corrected chi connectivity index (χ2v) is 3.64. The highest BCUT2D eigenvalue weighted by molar-refractivity contribution is 5.67. The van der Waals surface area contributed by atoms with Gasteiger partial charge in [-0.3, -0.25) is 9.63 Å². The van der Waals surface area contributed by atoms with E-state index in [1.165, 1.54) is 0 Å². The SMILES string of the molecule is NC(CON1CCCC1C=O)CC(=O)O. The van der Waals surface area contributed by atoms with Crippen molar-refractivity contribution < 1.29 is 19.5 Å². The molecule has 86 valence electrons. The van der Waals surface area contributed by atoms with Crippen molar-refractivity contribution in [3.63, 3.8) is 0 Å². The van der Waals surface area contributed by atoms with Gasteiger partial charge in [-0.25, -0.2) is 0 Å².